The van der Waals surface area contributed by atoms with E-state index in [0.29, 0.717) is 18.7 Å². The second kappa shape index (κ2) is 11.8. The second-order valence-corrected chi connectivity index (χ2v) is 8.35. The Bertz CT molecular complexity index is 645. The fourth-order valence-corrected chi connectivity index (χ4v) is 3.89. The summed E-state index contributed by atoms with van der Waals surface area (Å²) in [6.45, 7) is 11.7. The second-order valence-electron chi connectivity index (χ2n) is 8.35. The van der Waals surface area contributed by atoms with Gasteiger partial charge in [0.15, 0.2) is 0 Å². The minimum Gasteiger partial charge on any atom is -0.494 e. The lowest BCUT2D eigenvalue weighted by molar-refractivity contribution is -0.928. The smallest absolute Gasteiger partial charge is 0.251 e. The molecule has 0 bridgehead atoms. The van der Waals surface area contributed by atoms with Crippen molar-refractivity contribution in [2.24, 2.45) is 5.92 Å². The Morgan fingerprint density at radius 2 is 1.93 bits per heavy atom. The van der Waals surface area contributed by atoms with E-state index in [4.69, 9.17) is 4.74 Å². The average molecular weight is 405 g/mol. The number of benzene rings is 1. The van der Waals surface area contributed by atoms with Crippen molar-refractivity contribution in [2.45, 2.75) is 65.5 Å². The zero-order valence-corrected chi connectivity index (χ0v) is 18.4. The molecule has 162 valence electrons. The number of likely N-dealkylation sites (tertiary alicyclic amines) is 1. The van der Waals surface area contributed by atoms with Gasteiger partial charge in [0.25, 0.3) is 5.91 Å². The van der Waals surface area contributed by atoms with Gasteiger partial charge in [0, 0.05) is 18.5 Å². The first-order valence-electron chi connectivity index (χ1n) is 11.1. The molecule has 6 heteroatoms. The third-order valence-corrected chi connectivity index (χ3v) is 5.72. The van der Waals surface area contributed by atoms with Crippen LogP contribution in [0.3, 0.4) is 0 Å². The van der Waals surface area contributed by atoms with Crippen LogP contribution in [0, 0.1) is 5.92 Å². The van der Waals surface area contributed by atoms with E-state index in [2.05, 4.69) is 17.6 Å². The van der Waals surface area contributed by atoms with Crippen LogP contribution >= 0.6 is 0 Å². The van der Waals surface area contributed by atoms with Crippen molar-refractivity contribution >= 4 is 11.8 Å². The van der Waals surface area contributed by atoms with E-state index in [-0.39, 0.29) is 17.7 Å². The number of piperidine rings is 1. The number of carbonyl (C=O) groups is 2. The third-order valence-electron chi connectivity index (χ3n) is 5.72. The Hall–Kier alpha value is -2.08. The van der Waals surface area contributed by atoms with Crippen LogP contribution in [0.1, 0.15) is 63.7 Å². The summed E-state index contributed by atoms with van der Waals surface area (Å²) < 4.78 is 5.41. The van der Waals surface area contributed by atoms with E-state index in [0.717, 1.165) is 24.8 Å². The highest BCUT2D eigenvalue weighted by atomic mass is 16.5. The van der Waals surface area contributed by atoms with Gasteiger partial charge in [-0.1, -0.05) is 13.8 Å². The van der Waals surface area contributed by atoms with Crippen molar-refractivity contribution in [2.75, 3.05) is 26.2 Å². The summed E-state index contributed by atoms with van der Waals surface area (Å²) in [5.74, 6) is 0.385. The number of amides is 2. The van der Waals surface area contributed by atoms with Crippen molar-refractivity contribution < 1.29 is 19.2 Å². The maximum atomic E-state index is 12.7. The Balaban J connectivity index is 1.81. The van der Waals surface area contributed by atoms with Crippen LogP contribution in [0.15, 0.2) is 24.3 Å². The van der Waals surface area contributed by atoms with Gasteiger partial charge in [-0.25, -0.2) is 0 Å². The van der Waals surface area contributed by atoms with Gasteiger partial charge >= 0.3 is 0 Å². The topological polar surface area (TPSA) is 71.9 Å². The minimum absolute atomic E-state index is 0.00869. The molecular weight excluding hydrogens is 366 g/mol. The van der Waals surface area contributed by atoms with Crippen LogP contribution < -0.4 is 20.3 Å². The molecule has 0 aromatic heterocycles. The van der Waals surface area contributed by atoms with Crippen LogP contribution in [-0.2, 0) is 4.79 Å². The molecule has 6 nitrogen and oxygen atoms in total. The van der Waals surface area contributed by atoms with Crippen molar-refractivity contribution in [1.29, 1.82) is 0 Å². The lowest BCUT2D eigenvalue weighted by Crippen LogP contribution is -3.16. The molecular formula is C23H38N3O3+. The molecule has 3 atom stereocenters. The van der Waals surface area contributed by atoms with Gasteiger partial charge in [0.05, 0.1) is 25.7 Å². The van der Waals surface area contributed by atoms with E-state index in [1.54, 1.807) is 29.2 Å². The highest BCUT2D eigenvalue weighted by Crippen LogP contribution is 2.13. The van der Waals surface area contributed by atoms with Gasteiger partial charge in [-0.05, 0) is 63.3 Å². The number of carbonyl (C=O) groups excluding carboxylic acids is 2. The Morgan fingerprint density at radius 3 is 2.55 bits per heavy atom. The summed E-state index contributed by atoms with van der Waals surface area (Å²) >= 11 is 0. The summed E-state index contributed by atoms with van der Waals surface area (Å²) in [6.07, 6.45) is 4.91. The van der Waals surface area contributed by atoms with Gasteiger partial charge in [-0.15, -0.1) is 0 Å². The fraction of sp³-hybridized carbons (Fsp3) is 0.652. The zero-order chi connectivity index (χ0) is 21.2. The van der Waals surface area contributed by atoms with Crippen LogP contribution in [0.2, 0.25) is 0 Å². The Labute approximate surface area is 175 Å². The zero-order valence-electron chi connectivity index (χ0n) is 18.4. The van der Waals surface area contributed by atoms with E-state index in [1.165, 1.54) is 25.8 Å². The van der Waals surface area contributed by atoms with Crippen LogP contribution in [-0.4, -0.2) is 50.1 Å². The summed E-state index contributed by atoms with van der Waals surface area (Å²) in [6, 6.07) is 7.15. The SMILES string of the molecule is CCOc1ccc(C(=O)N[C@H](C(=O)NCCC[NH+]2CCCC[C@@H]2C)C(C)C)cc1. The van der Waals surface area contributed by atoms with E-state index >= 15 is 0 Å². The van der Waals surface area contributed by atoms with Crippen LogP contribution in [0.5, 0.6) is 5.75 Å². The molecule has 2 amide bonds. The molecule has 1 saturated heterocycles. The summed E-state index contributed by atoms with van der Waals surface area (Å²) in [4.78, 5) is 26.9. The number of rotatable bonds is 10. The highest BCUT2D eigenvalue weighted by Gasteiger charge is 2.25. The van der Waals surface area contributed by atoms with Crippen molar-refractivity contribution in [1.82, 2.24) is 10.6 Å². The molecule has 1 fully saturated rings. The summed E-state index contributed by atoms with van der Waals surface area (Å²) in [7, 11) is 0. The molecule has 3 N–H and O–H groups in total. The minimum atomic E-state index is -0.546. The van der Waals surface area contributed by atoms with Crippen molar-refractivity contribution in [3.63, 3.8) is 0 Å². The van der Waals surface area contributed by atoms with Gasteiger partial charge in [0.1, 0.15) is 11.8 Å². The van der Waals surface area contributed by atoms with Crippen LogP contribution in [0.4, 0.5) is 0 Å². The van der Waals surface area contributed by atoms with Gasteiger partial charge in [0.2, 0.25) is 5.91 Å². The first-order valence-corrected chi connectivity index (χ1v) is 11.1. The lowest BCUT2D eigenvalue weighted by Gasteiger charge is -2.30. The van der Waals surface area contributed by atoms with E-state index in [9.17, 15) is 9.59 Å². The quantitative estimate of drug-likeness (QED) is 0.521. The maximum absolute atomic E-state index is 12.7. The van der Waals surface area contributed by atoms with E-state index in [1.807, 2.05) is 20.8 Å². The Morgan fingerprint density at radius 1 is 1.21 bits per heavy atom. The number of nitrogens with one attached hydrogen (secondary N) is 3. The monoisotopic (exact) mass is 404 g/mol. The van der Waals surface area contributed by atoms with Crippen LogP contribution in [0.25, 0.3) is 0 Å². The molecule has 2 rings (SSSR count). The molecule has 0 radical (unpaired) electrons. The average Bonchev–Trinajstić information content (AvgIpc) is 2.71. The molecule has 1 unspecified atom stereocenters. The molecule has 0 spiro atoms. The molecule has 1 aliphatic rings. The third kappa shape index (κ3) is 7.35. The van der Waals surface area contributed by atoms with E-state index < -0.39 is 6.04 Å². The molecule has 0 aliphatic carbocycles. The van der Waals surface area contributed by atoms with Gasteiger partial charge in [-0.3, -0.25) is 9.59 Å². The first-order chi connectivity index (χ1) is 13.9. The number of quaternary nitrogens is 1. The first kappa shape index (κ1) is 23.2. The van der Waals surface area contributed by atoms with Crippen molar-refractivity contribution in [3.05, 3.63) is 29.8 Å². The normalized spacial score (nSPS) is 20.2. The number of hydrogen-bond acceptors (Lipinski definition) is 3. The predicted molar refractivity (Wildman–Crippen MR) is 115 cm³/mol. The number of ether oxygens (including phenoxy) is 1. The largest absolute Gasteiger partial charge is 0.494 e. The standard InChI is InChI=1S/C23H37N3O3/c1-5-29-20-12-10-19(11-13-20)22(27)25-21(17(2)3)23(28)24-14-8-16-26-15-7-6-9-18(26)4/h10-13,17-18,21H,5-9,14-16H2,1-4H3,(H,24,28)(H,25,27)/p+1/t18-,21-/m0/s1. The molecule has 1 aromatic rings. The Kier molecular flexibility index (Phi) is 9.45. The summed E-state index contributed by atoms with van der Waals surface area (Å²) in [5, 5.41) is 5.90. The van der Waals surface area contributed by atoms with Gasteiger partial charge in [-0.2, -0.15) is 0 Å². The maximum Gasteiger partial charge on any atom is 0.251 e. The molecule has 1 aromatic carbocycles. The summed E-state index contributed by atoms with van der Waals surface area (Å²) in [5.41, 5.74) is 0.523. The molecule has 1 heterocycles. The predicted octanol–water partition coefficient (Wildman–Crippen LogP) is 1.80. The molecule has 0 saturated carbocycles. The fourth-order valence-electron chi connectivity index (χ4n) is 3.89. The lowest BCUT2D eigenvalue weighted by atomic mass is 10.0. The molecule has 1 aliphatic heterocycles. The number of hydrogen-bond donors (Lipinski definition) is 3. The van der Waals surface area contributed by atoms with Gasteiger partial charge < -0.3 is 20.3 Å². The highest BCUT2D eigenvalue weighted by molar-refractivity contribution is 5.97. The van der Waals surface area contributed by atoms with Crippen molar-refractivity contribution in [3.8, 4) is 5.75 Å². The molecule has 29 heavy (non-hydrogen) atoms.